The van der Waals surface area contributed by atoms with E-state index in [0.717, 1.165) is 62.5 Å². The van der Waals surface area contributed by atoms with Gasteiger partial charge in [0.05, 0.1) is 0 Å². The van der Waals surface area contributed by atoms with Gasteiger partial charge in [0.25, 0.3) is 0 Å². The molecule has 0 radical (unpaired) electrons. The molecule has 0 aliphatic heterocycles. The Morgan fingerprint density at radius 3 is 1.50 bits per heavy atom. The van der Waals surface area contributed by atoms with Gasteiger partial charge in [0.15, 0.2) is 0 Å². The minimum atomic E-state index is -0.243. The van der Waals surface area contributed by atoms with Gasteiger partial charge in [-0.2, -0.15) is 0 Å². The van der Waals surface area contributed by atoms with E-state index in [0.29, 0.717) is 0 Å². The summed E-state index contributed by atoms with van der Waals surface area (Å²) >= 11 is 0. The van der Waals surface area contributed by atoms with Gasteiger partial charge >= 0.3 is 0 Å². The van der Waals surface area contributed by atoms with Crippen LogP contribution in [0.2, 0.25) is 0 Å². The zero-order valence-electron chi connectivity index (χ0n) is 9.63. The van der Waals surface area contributed by atoms with Crippen molar-refractivity contribution in [1.29, 1.82) is 0 Å². The molecule has 0 aromatic carbocycles. The second-order valence-corrected chi connectivity index (χ2v) is 4.61. The Balaban J connectivity index is 2.06. The molecule has 86 valence electrons. The van der Waals surface area contributed by atoms with Crippen molar-refractivity contribution in [1.82, 2.24) is 0 Å². The lowest BCUT2D eigenvalue weighted by molar-refractivity contribution is -0.132. The maximum atomic E-state index is 11.9. The van der Waals surface area contributed by atoms with E-state index >= 15 is 0 Å². The monoisotopic (exact) mass is 218 g/mol. The topological polar surface area (TPSA) is 34.1 Å². The van der Waals surface area contributed by atoms with Crippen molar-refractivity contribution in [2.45, 2.75) is 51.4 Å². The van der Waals surface area contributed by atoms with Crippen molar-refractivity contribution in [2.24, 2.45) is 0 Å². The maximum Gasteiger partial charge on any atom is 0.228 e. The SMILES string of the molecule is O=C(C(=O)C1=CCCCC1)C1=CCCCC1. The molecular weight excluding hydrogens is 200 g/mol. The van der Waals surface area contributed by atoms with E-state index < -0.39 is 0 Å². The Kier molecular flexibility index (Phi) is 3.70. The first kappa shape index (κ1) is 11.3. The summed E-state index contributed by atoms with van der Waals surface area (Å²) in [5.41, 5.74) is 1.51. The Morgan fingerprint density at radius 2 is 1.19 bits per heavy atom. The van der Waals surface area contributed by atoms with E-state index in [2.05, 4.69) is 0 Å². The van der Waals surface area contributed by atoms with E-state index in [1.54, 1.807) is 0 Å². The summed E-state index contributed by atoms with van der Waals surface area (Å²) in [6.45, 7) is 0. The van der Waals surface area contributed by atoms with E-state index in [4.69, 9.17) is 0 Å². The molecule has 0 aromatic rings. The first-order chi connectivity index (χ1) is 7.79. The average Bonchev–Trinajstić information content (AvgIpc) is 2.39. The lowest BCUT2D eigenvalue weighted by Gasteiger charge is -2.14. The van der Waals surface area contributed by atoms with Crippen LogP contribution in [0.5, 0.6) is 0 Å². The van der Waals surface area contributed by atoms with Crippen LogP contribution >= 0.6 is 0 Å². The summed E-state index contributed by atoms with van der Waals surface area (Å²) in [7, 11) is 0. The van der Waals surface area contributed by atoms with Crippen LogP contribution in [0.4, 0.5) is 0 Å². The molecule has 0 N–H and O–H groups in total. The highest BCUT2D eigenvalue weighted by molar-refractivity contribution is 6.48. The zero-order chi connectivity index (χ0) is 11.4. The molecule has 0 amide bonds. The molecule has 2 aliphatic carbocycles. The summed E-state index contributed by atoms with van der Waals surface area (Å²) in [5.74, 6) is -0.485. The molecule has 0 spiro atoms. The van der Waals surface area contributed by atoms with E-state index in [1.165, 1.54) is 0 Å². The van der Waals surface area contributed by atoms with E-state index in [-0.39, 0.29) is 11.6 Å². The van der Waals surface area contributed by atoms with E-state index in [1.807, 2.05) is 12.2 Å². The van der Waals surface area contributed by atoms with Crippen molar-refractivity contribution in [2.75, 3.05) is 0 Å². The lowest BCUT2D eigenvalue weighted by Crippen LogP contribution is -2.20. The van der Waals surface area contributed by atoms with Gasteiger partial charge in [0, 0.05) is 0 Å². The fourth-order valence-electron chi connectivity index (χ4n) is 2.38. The molecule has 0 aromatic heterocycles. The van der Waals surface area contributed by atoms with Crippen LogP contribution in [0.1, 0.15) is 51.4 Å². The first-order valence-corrected chi connectivity index (χ1v) is 6.26. The van der Waals surface area contributed by atoms with Gasteiger partial charge in [0.2, 0.25) is 11.6 Å². The summed E-state index contributed by atoms with van der Waals surface area (Å²) in [5, 5.41) is 0. The molecule has 16 heavy (non-hydrogen) atoms. The Morgan fingerprint density at radius 1 is 0.750 bits per heavy atom. The summed E-state index contributed by atoms with van der Waals surface area (Å²) in [4.78, 5) is 23.9. The number of ketones is 2. The predicted molar refractivity (Wildman–Crippen MR) is 63.1 cm³/mol. The smallest absolute Gasteiger partial charge is 0.228 e. The van der Waals surface area contributed by atoms with Crippen molar-refractivity contribution < 1.29 is 9.59 Å². The number of allylic oxidation sites excluding steroid dienone is 4. The highest BCUT2D eigenvalue weighted by Crippen LogP contribution is 2.23. The molecule has 2 aliphatic rings. The number of hydrogen-bond donors (Lipinski definition) is 0. The molecule has 0 fully saturated rings. The molecule has 2 heteroatoms. The van der Waals surface area contributed by atoms with Crippen LogP contribution in [0.15, 0.2) is 23.3 Å². The van der Waals surface area contributed by atoms with Crippen molar-refractivity contribution >= 4 is 11.6 Å². The highest BCUT2D eigenvalue weighted by Gasteiger charge is 2.23. The predicted octanol–water partition coefficient (Wildman–Crippen LogP) is 3.13. The van der Waals surface area contributed by atoms with Crippen LogP contribution < -0.4 is 0 Å². The molecular formula is C14H18O2. The minimum Gasteiger partial charge on any atom is -0.285 e. The van der Waals surface area contributed by atoms with Crippen molar-refractivity contribution in [3.63, 3.8) is 0 Å². The van der Waals surface area contributed by atoms with Gasteiger partial charge in [-0.25, -0.2) is 0 Å². The highest BCUT2D eigenvalue weighted by atomic mass is 16.2. The van der Waals surface area contributed by atoms with Crippen LogP contribution in [0.3, 0.4) is 0 Å². The van der Waals surface area contributed by atoms with Crippen LogP contribution in [0.25, 0.3) is 0 Å². The van der Waals surface area contributed by atoms with Gasteiger partial charge < -0.3 is 0 Å². The molecule has 2 rings (SSSR count). The number of hydrogen-bond acceptors (Lipinski definition) is 2. The summed E-state index contributed by atoms with van der Waals surface area (Å²) in [6.07, 6.45) is 11.8. The minimum absolute atomic E-state index is 0.243. The Hall–Kier alpha value is -1.18. The molecule has 0 unspecified atom stereocenters. The standard InChI is InChI=1S/C14H18O2/c15-13(11-7-3-1-4-8-11)14(16)12-9-5-2-6-10-12/h7,9H,1-6,8,10H2. The fraction of sp³-hybridized carbons (Fsp3) is 0.571. The molecule has 0 atom stereocenters. The van der Waals surface area contributed by atoms with Gasteiger partial charge in [-0.15, -0.1) is 0 Å². The van der Waals surface area contributed by atoms with Crippen LogP contribution in [0, 0.1) is 0 Å². The number of Topliss-reactive ketones (excluding diaryl/α,β-unsaturated/α-hetero) is 2. The van der Waals surface area contributed by atoms with Crippen molar-refractivity contribution in [3.8, 4) is 0 Å². The number of rotatable bonds is 3. The van der Waals surface area contributed by atoms with E-state index in [9.17, 15) is 9.59 Å². The third-order valence-corrected chi connectivity index (χ3v) is 3.37. The largest absolute Gasteiger partial charge is 0.285 e. The third-order valence-electron chi connectivity index (χ3n) is 3.37. The normalized spacial score (nSPS) is 21.0. The zero-order valence-corrected chi connectivity index (χ0v) is 9.63. The second-order valence-electron chi connectivity index (χ2n) is 4.61. The number of carbonyl (C=O) groups excluding carboxylic acids is 2. The summed E-state index contributed by atoms with van der Waals surface area (Å²) in [6, 6.07) is 0. The van der Waals surface area contributed by atoms with Gasteiger partial charge in [-0.3, -0.25) is 9.59 Å². The summed E-state index contributed by atoms with van der Waals surface area (Å²) < 4.78 is 0. The molecule has 0 bridgehead atoms. The maximum absolute atomic E-state index is 11.9. The van der Waals surface area contributed by atoms with Gasteiger partial charge in [-0.1, -0.05) is 12.2 Å². The molecule has 2 nitrogen and oxygen atoms in total. The molecule has 0 heterocycles. The van der Waals surface area contributed by atoms with Crippen LogP contribution in [-0.2, 0) is 9.59 Å². The van der Waals surface area contributed by atoms with Gasteiger partial charge in [-0.05, 0) is 62.5 Å². The lowest BCUT2D eigenvalue weighted by atomic mass is 9.89. The Labute approximate surface area is 96.4 Å². The molecule has 0 saturated heterocycles. The van der Waals surface area contributed by atoms with Crippen LogP contribution in [-0.4, -0.2) is 11.6 Å². The third kappa shape index (κ3) is 2.49. The number of carbonyl (C=O) groups is 2. The average molecular weight is 218 g/mol. The Bertz CT molecular complexity index is 325. The fourth-order valence-corrected chi connectivity index (χ4v) is 2.38. The quantitative estimate of drug-likeness (QED) is 0.682. The molecule has 0 saturated carbocycles. The second kappa shape index (κ2) is 5.24. The van der Waals surface area contributed by atoms with Crippen molar-refractivity contribution in [3.05, 3.63) is 23.3 Å². The van der Waals surface area contributed by atoms with Gasteiger partial charge in [0.1, 0.15) is 0 Å². The first-order valence-electron chi connectivity index (χ1n) is 6.26.